The van der Waals surface area contributed by atoms with Crippen LogP contribution in [0.1, 0.15) is 22.8 Å². The van der Waals surface area contributed by atoms with E-state index in [4.69, 9.17) is 4.74 Å². The van der Waals surface area contributed by atoms with E-state index >= 15 is 0 Å². The van der Waals surface area contributed by atoms with Crippen LogP contribution in [0.4, 0.5) is 0 Å². The molecule has 0 saturated carbocycles. The molecule has 2 aliphatic rings. The molecule has 160 valence electrons. The maximum absolute atomic E-state index is 12.8. The Morgan fingerprint density at radius 1 is 1.10 bits per heavy atom. The summed E-state index contributed by atoms with van der Waals surface area (Å²) < 4.78 is 6.20. The molecule has 0 spiro atoms. The number of fused-ring (bicyclic) bond motifs is 1. The second kappa shape index (κ2) is 8.50. The first-order chi connectivity index (χ1) is 14.9. The summed E-state index contributed by atoms with van der Waals surface area (Å²) in [4.78, 5) is 52.8. The highest BCUT2D eigenvalue weighted by Gasteiger charge is 2.60. The topological polar surface area (TPSA) is 96.0 Å². The molecule has 1 N–H and O–H groups in total. The van der Waals surface area contributed by atoms with E-state index in [2.05, 4.69) is 21.2 Å². The second-order valence-electron chi connectivity index (χ2n) is 7.41. The van der Waals surface area contributed by atoms with Crippen LogP contribution in [0.3, 0.4) is 0 Å². The van der Waals surface area contributed by atoms with Gasteiger partial charge >= 0.3 is 5.97 Å². The van der Waals surface area contributed by atoms with Crippen molar-refractivity contribution in [3.8, 4) is 0 Å². The molecule has 2 saturated heterocycles. The van der Waals surface area contributed by atoms with Gasteiger partial charge in [-0.2, -0.15) is 0 Å². The van der Waals surface area contributed by atoms with E-state index in [-0.39, 0.29) is 19.1 Å². The first-order valence-electron chi connectivity index (χ1n) is 9.73. The third-order valence-corrected chi connectivity index (χ3v) is 5.97. The van der Waals surface area contributed by atoms with Crippen LogP contribution < -0.4 is 5.32 Å². The number of hydrogen-bond donors (Lipinski definition) is 1. The van der Waals surface area contributed by atoms with Crippen molar-refractivity contribution in [2.75, 3.05) is 6.54 Å². The van der Waals surface area contributed by atoms with Crippen molar-refractivity contribution in [1.82, 2.24) is 15.1 Å². The van der Waals surface area contributed by atoms with Gasteiger partial charge in [0.1, 0.15) is 12.6 Å². The van der Waals surface area contributed by atoms with Gasteiger partial charge in [0.15, 0.2) is 0 Å². The molecule has 0 aliphatic carbocycles. The number of esters is 1. The van der Waals surface area contributed by atoms with Gasteiger partial charge in [-0.3, -0.25) is 14.4 Å². The van der Waals surface area contributed by atoms with Crippen molar-refractivity contribution in [3.63, 3.8) is 0 Å². The molecule has 2 aromatic rings. The zero-order valence-corrected chi connectivity index (χ0v) is 18.2. The van der Waals surface area contributed by atoms with Gasteiger partial charge in [0, 0.05) is 23.5 Å². The van der Waals surface area contributed by atoms with E-state index in [1.165, 1.54) is 16.7 Å². The van der Waals surface area contributed by atoms with Crippen LogP contribution in [0.5, 0.6) is 0 Å². The molecular weight excluding hydrogens is 466 g/mol. The summed E-state index contributed by atoms with van der Waals surface area (Å²) in [6, 6.07) is 14.6. The molecule has 2 heterocycles. The molecule has 0 bridgehead atoms. The van der Waals surface area contributed by atoms with Crippen molar-refractivity contribution in [3.05, 3.63) is 70.2 Å². The monoisotopic (exact) mass is 485 g/mol. The molecule has 8 nitrogen and oxygen atoms in total. The maximum atomic E-state index is 12.8. The molecule has 0 radical (unpaired) electrons. The Morgan fingerprint density at radius 2 is 1.77 bits per heavy atom. The van der Waals surface area contributed by atoms with Gasteiger partial charge in [0.2, 0.25) is 18.0 Å². The number of amides is 3. The molecule has 2 aliphatic heterocycles. The maximum Gasteiger partial charge on any atom is 0.350 e. The minimum Gasteiger partial charge on any atom is -0.458 e. The minimum atomic E-state index is -1.13. The third-order valence-electron chi connectivity index (χ3n) is 5.44. The van der Waals surface area contributed by atoms with Crippen LogP contribution >= 0.6 is 15.9 Å². The molecule has 4 rings (SSSR count). The molecule has 0 aromatic heterocycles. The Balaban J connectivity index is 1.45. The van der Waals surface area contributed by atoms with Crippen LogP contribution in [-0.2, 0) is 25.7 Å². The van der Waals surface area contributed by atoms with Crippen LogP contribution in [0.2, 0.25) is 0 Å². The van der Waals surface area contributed by atoms with Gasteiger partial charge in [-0.15, -0.1) is 0 Å². The molecule has 2 aromatic carbocycles. The smallest absolute Gasteiger partial charge is 0.350 e. The van der Waals surface area contributed by atoms with Crippen molar-refractivity contribution < 1.29 is 23.9 Å². The van der Waals surface area contributed by atoms with E-state index in [0.717, 1.165) is 10.0 Å². The highest BCUT2D eigenvalue weighted by Crippen LogP contribution is 2.33. The Morgan fingerprint density at radius 3 is 2.42 bits per heavy atom. The predicted molar refractivity (Wildman–Crippen MR) is 113 cm³/mol. The van der Waals surface area contributed by atoms with E-state index in [9.17, 15) is 19.2 Å². The number of hydrogen-bond acceptors (Lipinski definition) is 5. The average Bonchev–Trinajstić information content (AvgIpc) is 3.13. The van der Waals surface area contributed by atoms with Gasteiger partial charge in [-0.1, -0.05) is 46.3 Å². The Labute approximate surface area is 187 Å². The Kier molecular flexibility index (Phi) is 5.77. The number of nitrogens with one attached hydrogen (secondary N) is 1. The molecule has 3 atom stereocenters. The van der Waals surface area contributed by atoms with Crippen LogP contribution in [-0.4, -0.2) is 58.3 Å². The molecular formula is C22H20BrN3O5. The fourth-order valence-electron chi connectivity index (χ4n) is 3.84. The van der Waals surface area contributed by atoms with Gasteiger partial charge in [0.05, 0.1) is 6.04 Å². The summed E-state index contributed by atoms with van der Waals surface area (Å²) >= 11 is 3.31. The van der Waals surface area contributed by atoms with Gasteiger partial charge in [0.25, 0.3) is 5.91 Å². The van der Waals surface area contributed by atoms with Gasteiger partial charge in [-0.25, -0.2) is 4.79 Å². The van der Waals surface area contributed by atoms with Crippen LogP contribution in [0.15, 0.2) is 59.1 Å². The van der Waals surface area contributed by atoms with Crippen LogP contribution in [0, 0.1) is 0 Å². The van der Waals surface area contributed by atoms with Crippen molar-refractivity contribution in [2.45, 2.75) is 31.8 Å². The van der Waals surface area contributed by atoms with Crippen LogP contribution in [0.25, 0.3) is 0 Å². The lowest BCUT2D eigenvalue weighted by molar-refractivity contribution is -0.169. The first-order valence-corrected chi connectivity index (χ1v) is 10.5. The molecule has 2 fully saturated rings. The number of halogens is 1. The van der Waals surface area contributed by atoms with Crippen molar-refractivity contribution >= 4 is 39.6 Å². The van der Waals surface area contributed by atoms with E-state index < -0.39 is 36.0 Å². The number of benzene rings is 2. The number of β-lactam (4-membered cyclic amide) rings is 1. The summed E-state index contributed by atoms with van der Waals surface area (Å²) in [5.74, 6) is -1.83. The second-order valence-corrected chi connectivity index (χ2v) is 8.32. The summed E-state index contributed by atoms with van der Waals surface area (Å²) in [6.45, 7) is 1.53. The highest BCUT2D eigenvalue weighted by atomic mass is 79.9. The number of nitrogens with zero attached hydrogens (tertiary/aromatic N) is 2. The van der Waals surface area contributed by atoms with Gasteiger partial charge < -0.3 is 19.9 Å². The normalized spacial score (nSPS) is 21.9. The molecule has 2 unspecified atom stereocenters. The summed E-state index contributed by atoms with van der Waals surface area (Å²) in [6.07, 6.45) is -1.13. The minimum absolute atomic E-state index is 0.0400. The van der Waals surface area contributed by atoms with Crippen molar-refractivity contribution in [1.29, 1.82) is 0 Å². The number of carbonyl (C=O) groups is 4. The van der Waals surface area contributed by atoms with E-state index in [1.54, 1.807) is 24.3 Å². The predicted octanol–water partition coefficient (Wildman–Crippen LogP) is 1.69. The average molecular weight is 486 g/mol. The Hall–Kier alpha value is -3.20. The first kappa shape index (κ1) is 21.0. The summed E-state index contributed by atoms with van der Waals surface area (Å²) in [5.41, 5.74) is 1.21. The fraction of sp³-hybridized carbons (Fsp3) is 0.273. The SMILES string of the molecule is CC(=O)N1CC2[C@@H](NC(=O)c3ccc(Br)cc3)C(=O)N2C1C(=O)OCc1ccccc1. The number of rotatable bonds is 5. The zero-order chi connectivity index (χ0) is 22.1. The zero-order valence-electron chi connectivity index (χ0n) is 16.7. The lowest BCUT2D eigenvalue weighted by Gasteiger charge is -2.43. The third kappa shape index (κ3) is 4.05. The van der Waals surface area contributed by atoms with Crippen molar-refractivity contribution in [2.24, 2.45) is 0 Å². The largest absolute Gasteiger partial charge is 0.458 e. The summed E-state index contributed by atoms with van der Waals surface area (Å²) in [7, 11) is 0. The lowest BCUT2D eigenvalue weighted by Crippen LogP contribution is -2.71. The standard InChI is InChI=1S/C22H20BrN3O5/c1-13(27)25-11-17-18(24-19(28)15-7-9-16(23)10-8-15)21(29)26(17)20(25)22(30)31-12-14-5-3-2-4-6-14/h2-10,17-18,20H,11-12H2,1H3,(H,24,28)/t17?,18-,20?/m1/s1. The summed E-state index contributed by atoms with van der Waals surface area (Å²) in [5, 5.41) is 2.71. The molecule has 3 amide bonds. The van der Waals surface area contributed by atoms with E-state index in [1.807, 2.05) is 30.3 Å². The Bertz CT molecular complexity index is 1030. The van der Waals surface area contributed by atoms with Gasteiger partial charge in [-0.05, 0) is 29.8 Å². The fourth-order valence-corrected chi connectivity index (χ4v) is 4.11. The number of ether oxygens (including phenoxy) is 1. The molecule has 31 heavy (non-hydrogen) atoms. The molecule has 9 heteroatoms. The quantitative estimate of drug-likeness (QED) is 0.513. The van der Waals surface area contributed by atoms with E-state index in [0.29, 0.717) is 5.56 Å². The number of carbonyl (C=O) groups excluding carboxylic acids is 4. The highest BCUT2D eigenvalue weighted by molar-refractivity contribution is 9.10. The lowest BCUT2D eigenvalue weighted by atomic mass is 9.96.